The molecule has 3 amide bonds. The normalized spacial score (nSPS) is 15.3. The Balaban J connectivity index is 2.11. The SMILES string of the molecule is C=CN1CC(=O)N(CCC(C)(C)CCCCOCCCCC(C)(C)C(=O)O)C1=O. The topological polar surface area (TPSA) is 87.2 Å². The number of nitrogens with zero attached hydrogens (tertiary/aromatic N) is 2. The highest BCUT2D eigenvalue weighted by Gasteiger charge is 2.35. The van der Waals surface area contributed by atoms with Gasteiger partial charge in [0, 0.05) is 26.0 Å². The molecule has 1 saturated heterocycles. The smallest absolute Gasteiger partial charge is 0.331 e. The molecule has 0 saturated carbocycles. The zero-order valence-corrected chi connectivity index (χ0v) is 18.5. The molecule has 0 unspecified atom stereocenters. The van der Waals surface area contributed by atoms with Gasteiger partial charge in [-0.25, -0.2) is 4.79 Å². The minimum Gasteiger partial charge on any atom is -0.481 e. The summed E-state index contributed by atoms with van der Waals surface area (Å²) in [5, 5.41) is 9.08. The molecule has 1 aliphatic heterocycles. The highest BCUT2D eigenvalue weighted by Crippen LogP contribution is 2.28. The van der Waals surface area contributed by atoms with E-state index in [2.05, 4.69) is 20.4 Å². The molecule has 1 aliphatic rings. The van der Waals surface area contributed by atoms with Gasteiger partial charge in [0.15, 0.2) is 0 Å². The van der Waals surface area contributed by atoms with E-state index in [4.69, 9.17) is 9.84 Å². The van der Waals surface area contributed by atoms with Crippen LogP contribution in [0.5, 0.6) is 0 Å². The van der Waals surface area contributed by atoms with Crippen molar-refractivity contribution >= 4 is 17.9 Å². The minimum absolute atomic E-state index is 0.0462. The first kappa shape index (κ1) is 25.1. The molecule has 0 aromatic heterocycles. The van der Waals surface area contributed by atoms with Gasteiger partial charge < -0.3 is 9.84 Å². The number of imide groups is 1. The second-order valence-electron chi connectivity index (χ2n) is 9.27. The van der Waals surface area contributed by atoms with Crippen molar-refractivity contribution in [2.75, 3.05) is 26.3 Å². The Labute approximate surface area is 175 Å². The Morgan fingerprint density at radius 3 is 2.17 bits per heavy atom. The summed E-state index contributed by atoms with van der Waals surface area (Å²) in [6.45, 7) is 13.3. The molecule has 1 fully saturated rings. The van der Waals surface area contributed by atoms with Crippen LogP contribution < -0.4 is 0 Å². The van der Waals surface area contributed by atoms with Crippen LogP contribution in [-0.4, -0.2) is 59.1 Å². The summed E-state index contributed by atoms with van der Waals surface area (Å²) in [6, 6.07) is -0.277. The van der Waals surface area contributed by atoms with E-state index in [9.17, 15) is 14.4 Å². The van der Waals surface area contributed by atoms with Crippen LogP contribution in [0.15, 0.2) is 12.8 Å². The van der Waals surface area contributed by atoms with Crippen LogP contribution in [0, 0.1) is 10.8 Å². The van der Waals surface area contributed by atoms with E-state index in [1.807, 2.05) is 0 Å². The van der Waals surface area contributed by atoms with Gasteiger partial charge in [-0.2, -0.15) is 0 Å². The van der Waals surface area contributed by atoms with Crippen LogP contribution >= 0.6 is 0 Å². The van der Waals surface area contributed by atoms with E-state index >= 15 is 0 Å². The molecule has 0 aliphatic carbocycles. The lowest BCUT2D eigenvalue weighted by molar-refractivity contribution is -0.147. The van der Waals surface area contributed by atoms with Gasteiger partial charge in [-0.05, 0) is 51.4 Å². The van der Waals surface area contributed by atoms with Crippen LogP contribution in [0.3, 0.4) is 0 Å². The van der Waals surface area contributed by atoms with E-state index in [1.165, 1.54) is 16.0 Å². The van der Waals surface area contributed by atoms with Crippen molar-refractivity contribution in [2.24, 2.45) is 10.8 Å². The third kappa shape index (κ3) is 8.56. The van der Waals surface area contributed by atoms with Gasteiger partial charge >= 0.3 is 12.0 Å². The van der Waals surface area contributed by atoms with E-state index in [0.717, 1.165) is 38.5 Å². The highest BCUT2D eigenvalue weighted by molar-refractivity contribution is 6.02. The van der Waals surface area contributed by atoms with Crippen molar-refractivity contribution in [1.82, 2.24) is 9.80 Å². The molecule has 1 N–H and O–H groups in total. The number of rotatable bonds is 15. The maximum atomic E-state index is 12.1. The number of carbonyl (C=O) groups excluding carboxylic acids is 2. The van der Waals surface area contributed by atoms with Crippen LogP contribution in [0.4, 0.5) is 4.79 Å². The van der Waals surface area contributed by atoms with Gasteiger partial charge in [-0.15, -0.1) is 0 Å². The van der Waals surface area contributed by atoms with Crippen molar-refractivity contribution in [1.29, 1.82) is 0 Å². The molecule has 0 atom stereocenters. The summed E-state index contributed by atoms with van der Waals surface area (Å²) in [5.41, 5.74) is -0.621. The molecule has 7 nitrogen and oxygen atoms in total. The van der Waals surface area contributed by atoms with Crippen LogP contribution in [0.2, 0.25) is 0 Å². The third-order valence-corrected chi connectivity index (χ3v) is 5.63. The largest absolute Gasteiger partial charge is 0.481 e. The molecule has 0 aromatic rings. The van der Waals surface area contributed by atoms with Crippen molar-refractivity contribution in [3.8, 4) is 0 Å². The van der Waals surface area contributed by atoms with E-state index < -0.39 is 11.4 Å². The number of ether oxygens (including phenoxy) is 1. The Morgan fingerprint density at radius 1 is 1.07 bits per heavy atom. The average Bonchev–Trinajstić information content (AvgIpc) is 2.91. The average molecular weight is 411 g/mol. The molecular formula is C22H38N2O5. The number of aliphatic carboxylic acids is 1. The lowest BCUT2D eigenvalue weighted by atomic mass is 9.84. The number of urea groups is 1. The predicted molar refractivity (Wildman–Crippen MR) is 112 cm³/mol. The Bertz CT molecular complexity index is 586. The Morgan fingerprint density at radius 2 is 1.66 bits per heavy atom. The molecule has 7 heteroatoms. The Hall–Kier alpha value is -1.89. The zero-order chi connectivity index (χ0) is 22.1. The summed E-state index contributed by atoms with van der Waals surface area (Å²) in [5.74, 6) is -0.914. The molecule has 0 spiro atoms. The Kier molecular flexibility index (Phi) is 9.83. The van der Waals surface area contributed by atoms with Crippen molar-refractivity contribution in [2.45, 2.75) is 72.6 Å². The second kappa shape index (κ2) is 11.3. The quantitative estimate of drug-likeness (QED) is 0.322. The molecule has 0 aromatic carbocycles. The predicted octanol–water partition coefficient (Wildman–Crippen LogP) is 4.28. The summed E-state index contributed by atoms with van der Waals surface area (Å²) in [7, 11) is 0. The number of hydrogen-bond acceptors (Lipinski definition) is 4. The van der Waals surface area contributed by atoms with E-state index in [1.54, 1.807) is 13.8 Å². The van der Waals surface area contributed by atoms with Crippen molar-refractivity contribution in [3.05, 3.63) is 12.8 Å². The fourth-order valence-corrected chi connectivity index (χ4v) is 3.25. The fourth-order valence-electron chi connectivity index (χ4n) is 3.25. The molecule has 1 heterocycles. The van der Waals surface area contributed by atoms with Crippen LogP contribution in [0.1, 0.15) is 72.6 Å². The number of carboxylic acids is 1. The number of carboxylic acid groups (broad SMARTS) is 1. The number of hydrogen-bond donors (Lipinski definition) is 1. The third-order valence-electron chi connectivity index (χ3n) is 5.63. The van der Waals surface area contributed by atoms with Crippen molar-refractivity contribution < 1.29 is 24.2 Å². The van der Waals surface area contributed by atoms with Gasteiger partial charge in [0.25, 0.3) is 5.91 Å². The van der Waals surface area contributed by atoms with E-state index in [0.29, 0.717) is 26.2 Å². The van der Waals surface area contributed by atoms with Gasteiger partial charge in [-0.3, -0.25) is 19.4 Å². The molecule has 1 rings (SSSR count). The molecule has 29 heavy (non-hydrogen) atoms. The standard InChI is InChI=1S/C22H38N2O5/c1-6-23-17-18(25)24(20(23)28)14-13-21(2,3)11-7-9-15-29-16-10-8-12-22(4,5)19(26)27/h6H,1,7-17H2,2-5H3,(H,26,27). The van der Waals surface area contributed by atoms with Crippen LogP contribution in [-0.2, 0) is 14.3 Å². The molecule has 0 radical (unpaired) electrons. The highest BCUT2D eigenvalue weighted by atomic mass is 16.5. The number of amides is 3. The first-order valence-electron chi connectivity index (χ1n) is 10.5. The van der Waals surface area contributed by atoms with Gasteiger partial charge in [0.05, 0.1) is 5.41 Å². The minimum atomic E-state index is -0.752. The summed E-state index contributed by atoms with van der Waals surface area (Å²) in [4.78, 5) is 37.7. The van der Waals surface area contributed by atoms with Gasteiger partial charge in [0.1, 0.15) is 6.54 Å². The molecule has 0 bridgehead atoms. The lowest BCUT2D eigenvalue weighted by Crippen LogP contribution is -2.34. The first-order chi connectivity index (χ1) is 13.5. The monoisotopic (exact) mass is 410 g/mol. The maximum absolute atomic E-state index is 12.1. The molecule has 166 valence electrons. The van der Waals surface area contributed by atoms with Crippen molar-refractivity contribution in [3.63, 3.8) is 0 Å². The second-order valence-corrected chi connectivity index (χ2v) is 9.27. The zero-order valence-electron chi connectivity index (χ0n) is 18.5. The van der Waals surface area contributed by atoms with Gasteiger partial charge in [-0.1, -0.05) is 33.3 Å². The summed E-state index contributed by atoms with van der Waals surface area (Å²) < 4.78 is 5.66. The lowest BCUT2D eigenvalue weighted by Gasteiger charge is -2.26. The number of unbranched alkanes of at least 4 members (excludes halogenated alkanes) is 2. The van der Waals surface area contributed by atoms with E-state index in [-0.39, 0.29) is 23.9 Å². The summed E-state index contributed by atoms with van der Waals surface area (Å²) in [6.07, 6.45) is 7.56. The van der Waals surface area contributed by atoms with Crippen LogP contribution in [0.25, 0.3) is 0 Å². The first-order valence-corrected chi connectivity index (χ1v) is 10.5. The summed E-state index contributed by atoms with van der Waals surface area (Å²) >= 11 is 0. The number of carbonyl (C=O) groups is 3. The maximum Gasteiger partial charge on any atom is 0.331 e. The molecular weight excluding hydrogens is 372 g/mol. The van der Waals surface area contributed by atoms with Gasteiger partial charge in [0.2, 0.25) is 0 Å². The fraction of sp³-hybridized carbons (Fsp3) is 0.773.